The number of imidazole rings is 1. The van der Waals surface area contributed by atoms with Crippen molar-refractivity contribution in [3.63, 3.8) is 0 Å². The zero-order valence-electron chi connectivity index (χ0n) is 18.9. The van der Waals surface area contributed by atoms with Crippen molar-refractivity contribution in [2.24, 2.45) is 0 Å². The number of anilines is 1. The lowest BCUT2D eigenvalue weighted by atomic mass is 10.0. The van der Waals surface area contributed by atoms with Crippen LogP contribution in [0.5, 0.6) is 0 Å². The molecule has 15 heteroatoms. The summed E-state index contributed by atoms with van der Waals surface area (Å²) in [6.45, 7) is 5.04. The maximum Gasteiger partial charge on any atom is 0.359 e. The Kier molecular flexibility index (Phi) is 8.28. The van der Waals surface area contributed by atoms with Crippen LogP contribution in [0.25, 0.3) is 11.2 Å². The number of fused-ring (bicyclic) bond motifs is 1. The SMILES string of the molecule is CCC(C)(CCO[C@H]([C@H](O)CO)n1c(=O)[nH]c2c(=O)[nH]c(N)nc21)OP(=O)(O)[C@@](C)(O)CC. The Morgan fingerprint density at radius 3 is 2.42 bits per heavy atom. The number of aliphatic hydroxyl groups is 3. The molecule has 2 unspecified atom stereocenters. The van der Waals surface area contributed by atoms with Gasteiger partial charge in [-0.05, 0) is 26.7 Å². The van der Waals surface area contributed by atoms with Crippen molar-refractivity contribution >= 4 is 24.7 Å². The number of nitrogen functional groups attached to an aromatic ring is 1. The van der Waals surface area contributed by atoms with E-state index in [1.54, 1.807) is 20.8 Å². The van der Waals surface area contributed by atoms with Gasteiger partial charge in [0.2, 0.25) is 5.95 Å². The highest BCUT2D eigenvalue weighted by molar-refractivity contribution is 7.54. The first-order valence-electron chi connectivity index (χ1n) is 10.4. The summed E-state index contributed by atoms with van der Waals surface area (Å²) in [5.74, 6) is -0.272. The van der Waals surface area contributed by atoms with Crippen LogP contribution in [-0.4, -0.2) is 70.0 Å². The van der Waals surface area contributed by atoms with E-state index in [9.17, 15) is 34.4 Å². The third kappa shape index (κ3) is 5.72. The quantitative estimate of drug-likeness (QED) is 0.191. The van der Waals surface area contributed by atoms with Crippen molar-refractivity contribution in [2.75, 3.05) is 18.9 Å². The Morgan fingerprint density at radius 1 is 1.24 bits per heavy atom. The van der Waals surface area contributed by atoms with Gasteiger partial charge in [-0.2, -0.15) is 4.98 Å². The van der Waals surface area contributed by atoms with Gasteiger partial charge >= 0.3 is 13.3 Å². The Morgan fingerprint density at radius 2 is 1.88 bits per heavy atom. The molecule has 0 bridgehead atoms. The fourth-order valence-corrected chi connectivity index (χ4v) is 4.41. The number of aliphatic hydroxyl groups excluding tert-OH is 2. The molecule has 14 nitrogen and oxygen atoms in total. The molecular weight excluding hydrogens is 461 g/mol. The molecule has 0 saturated carbocycles. The van der Waals surface area contributed by atoms with Gasteiger partial charge < -0.3 is 35.2 Å². The number of hydrogen-bond donors (Lipinski definition) is 7. The molecule has 0 aliphatic carbocycles. The smallest absolute Gasteiger partial charge is 0.359 e. The average molecular weight is 493 g/mol. The molecule has 5 atom stereocenters. The number of nitrogens with two attached hydrogens (primary N) is 1. The number of hydrogen-bond acceptors (Lipinski definition) is 10. The van der Waals surface area contributed by atoms with Crippen molar-refractivity contribution < 1.29 is 34.0 Å². The van der Waals surface area contributed by atoms with E-state index in [4.69, 9.17) is 15.0 Å². The number of nitrogens with zero attached hydrogens (tertiary/aromatic N) is 2. The van der Waals surface area contributed by atoms with Crippen LogP contribution in [-0.2, 0) is 13.8 Å². The molecule has 0 spiro atoms. The van der Waals surface area contributed by atoms with E-state index < -0.39 is 48.7 Å². The van der Waals surface area contributed by atoms with Crippen molar-refractivity contribution in [3.05, 3.63) is 20.8 Å². The minimum atomic E-state index is -4.43. The van der Waals surface area contributed by atoms with Crippen LogP contribution in [0.15, 0.2) is 9.59 Å². The van der Waals surface area contributed by atoms with Crippen LogP contribution >= 0.6 is 7.60 Å². The van der Waals surface area contributed by atoms with Crippen LogP contribution in [0.3, 0.4) is 0 Å². The third-order valence-corrected chi connectivity index (χ3v) is 7.88. The van der Waals surface area contributed by atoms with Crippen LogP contribution in [0, 0.1) is 0 Å². The molecule has 0 aliphatic rings. The van der Waals surface area contributed by atoms with E-state index in [1.807, 2.05) is 0 Å². The van der Waals surface area contributed by atoms with Crippen LogP contribution in [0.2, 0.25) is 0 Å². The first-order chi connectivity index (χ1) is 15.2. The number of aromatic nitrogens is 4. The summed E-state index contributed by atoms with van der Waals surface area (Å²) in [4.78, 5) is 43.3. The molecule has 8 N–H and O–H groups in total. The number of H-pyrrole nitrogens is 2. The molecule has 188 valence electrons. The normalized spacial score (nSPS) is 19.5. The molecule has 2 aromatic rings. The minimum Gasteiger partial charge on any atom is -0.394 e. The van der Waals surface area contributed by atoms with Gasteiger partial charge in [0.15, 0.2) is 22.7 Å². The Bertz CT molecular complexity index is 1130. The molecule has 0 aromatic carbocycles. The number of aromatic amines is 2. The first-order valence-corrected chi connectivity index (χ1v) is 12.0. The summed E-state index contributed by atoms with van der Waals surface area (Å²) in [6, 6.07) is 0. The van der Waals surface area contributed by atoms with Gasteiger partial charge in [-0.15, -0.1) is 0 Å². The van der Waals surface area contributed by atoms with Gasteiger partial charge in [0.05, 0.1) is 18.8 Å². The maximum absolute atomic E-state index is 12.6. The number of rotatable bonds is 12. The second-order valence-electron chi connectivity index (χ2n) is 8.20. The predicted octanol–water partition coefficient (Wildman–Crippen LogP) is -0.257. The second-order valence-corrected chi connectivity index (χ2v) is 10.4. The summed E-state index contributed by atoms with van der Waals surface area (Å²) in [6.07, 6.45) is -2.77. The van der Waals surface area contributed by atoms with Gasteiger partial charge in [-0.1, -0.05) is 13.8 Å². The summed E-state index contributed by atoms with van der Waals surface area (Å²) >= 11 is 0. The standard InChI is InChI=1S/C18H32N5O9P/c1-5-17(3,32-33(29,30)18(4,28)6-2)7-8-31-14(10(25)9-24)23-12-11(20-16(23)27)13(26)22-15(19)21-12/h10,14,24-25,28H,5-9H2,1-4H3,(H,20,27)(H,29,30)(H3,19,21,22,26)/t10-,14-,17?,18-/m1/s1. The predicted molar refractivity (Wildman–Crippen MR) is 119 cm³/mol. The summed E-state index contributed by atoms with van der Waals surface area (Å²) < 4.78 is 24.5. The zero-order valence-corrected chi connectivity index (χ0v) is 19.8. The van der Waals surface area contributed by atoms with Crippen molar-refractivity contribution in [1.29, 1.82) is 0 Å². The maximum atomic E-state index is 12.6. The molecule has 0 fully saturated rings. The number of nitrogens with one attached hydrogen (secondary N) is 2. The molecule has 2 heterocycles. The largest absolute Gasteiger partial charge is 0.394 e. The summed E-state index contributed by atoms with van der Waals surface area (Å²) in [5, 5.41) is 28.0. The summed E-state index contributed by atoms with van der Waals surface area (Å²) in [7, 11) is -4.43. The van der Waals surface area contributed by atoms with Gasteiger partial charge in [0.1, 0.15) is 6.10 Å². The Balaban J connectivity index is 2.31. The Hall–Kier alpha value is -2.06. The van der Waals surface area contributed by atoms with Crippen molar-refractivity contribution in [1.82, 2.24) is 19.5 Å². The van der Waals surface area contributed by atoms with Gasteiger partial charge in [0, 0.05) is 6.42 Å². The zero-order chi connectivity index (χ0) is 25.2. The summed E-state index contributed by atoms with van der Waals surface area (Å²) in [5.41, 5.74) is 2.42. The Labute approximate surface area is 188 Å². The van der Waals surface area contributed by atoms with Crippen molar-refractivity contribution in [2.45, 2.75) is 70.2 Å². The van der Waals surface area contributed by atoms with Crippen molar-refractivity contribution in [3.8, 4) is 0 Å². The molecule has 2 aromatic heterocycles. The molecule has 2 rings (SSSR count). The lowest BCUT2D eigenvalue weighted by Gasteiger charge is -2.36. The lowest BCUT2D eigenvalue weighted by molar-refractivity contribution is -0.108. The molecular formula is C18H32N5O9P. The third-order valence-electron chi connectivity index (χ3n) is 5.66. The molecule has 0 radical (unpaired) electrons. The highest BCUT2D eigenvalue weighted by atomic mass is 31.2. The lowest BCUT2D eigenvalue weighted by Crippen LogP contribution is -2.37. The van der Waals surface area contributed by atoms with Crippen LogP contribution < -0.4 is 17.0 Å². The van der Waals surface area contributed by atoms with E-state index in [2.05, 4.69) is 15.0 Å². The highest BCUT2D eigenvalue weighted by Gasteiger charge is 2.46. The molecule has 0 saturated heterocycles. The average Bonchev–Trinajstić information content (AvgIpc) is 3.06. The van der Waals surface area contributed by atoms with Gasteiger partial charge in [0.25, 0.3) is 5.56 Å². The molecule has 33 heavy (non-hydrogen) atoms. The molecule has 0 amide bonds. The van der Waals surface area contributed by atoms with E-state index in [1.165, 1.54) is 6.92 Å². The topological polar surface area (TPSA) is 226 Å². The van der Waals surface area contributed by atoms with E-state index in [0.717, 1.165) is 4.57 Å². The fraction of sp³-hybridized carbons (Fsp3) is 0.722. The van der Waals surface area contributed by atoms with E-state index in [-0.39, 0.29) is 43.0 Å². The van der Waals surface area contributed by atoms with Crippen LogP contribution in [0.4, 0.5) is 5.95 Å². The minimum absolute atomic E-state index is 0.0133. The van der Waals surface area contributed by atoms with Gasteiger partial charge in [-0.25, -0.2) is 9.36 Å². The van der Waals surface area contributed by atoms with Crippen LogP contribution in [0.1, 0.15) is 53.2 Å². The molecule has 0 aliphatic heterocycles. The van der Waals surface area contributed by atoms with Gasteiger partial charge in [-0.3, -0.25) is 19.3 Å². The fourth-order valence-electron chi connectivity index (χ4n) is 2.99. The monoisotopic (exact) mass is 493 g/mol. The number of ether oxygens (including phenoxy) is 1. The van der Waals surface area contributed by atoms with E-state index >= 15 is 0 Å². The second kappa shape index (κ2) is 10.1. The highest BCUT2D eigenvalue weighted by Crippen LogP contribution is 2.58. The first kappa shape index (κ1) is 27.2. The van der Waals surface area contributed by atoms with E-state index in [0.29, 0.717) is 0 Å².